The average Bonchev–Trinajstić information content (AvgIpc) is 1.61. The zero-order chi connectivity index (χ0) is 97.8. The summed E-state index contributed by atoms with van der Waals surface area (Å²) in [6.45, 7) is 17.5. The Kier molecular flexibility index (Phi) is 25.9. The van der Waals surface area contributed by atoms with Crippen LogP contribution >= 0.6 is 0 Å². The molecule has 0 spiro atoms. The molecule has 734 valence electrons. The first-order valence-corrected chi connectivity index (χ1v) is 49.4. The molecule has 4 fully saturated rings. The number of carbonyl (C=O) groups excluding carboxylic acids is 4. The number of nitrogens with zero attached hydrogens (tertiary/aromatic N) is 20. The van der Waals surface area contributed by atoms with Gasteiger partial charge in [0.25, 0.3) is 0 Å². The van der Waals surface area contributed by atoms with Crippen LogP contribution < -0.4 is 14.2 Å². The number of methoxy groups -OCH3 is 3. The molecule has 4 aromatic carbocycles. The Morgan fingerprint density at radius 1 is 0.350 bits per heavy atom. The molecular formula is C109H113F2N21O11. The number of fused-ring (bicyclic) bond motifs is 9. The fraction of sp³-hybridized carbons (Fsp3) is 0.358. The molecule has 0 unspecified atom stereocenters. The van der Waals surface area contributed by atoms with Crippen molar-refractivity contribution in [2.75, 3.05) is 100 Å². The fourth-order valence-electron chi connectivity index (χ4n) is 21.7. The van der Waals surface area contributed by atoms with Crippen LogP contribution in [0.1, 0.15) is 148 Å². The molecule has 4 saturated heterocycles. The van der Waals surface area contributed by atoms with E-state index in [1.807, 2.05) is 139 Å². The van der Waals surface area contributed by atoms with Gasteiger partial charge in [-0.25, -0.2) is 28.7 Å². The van der Waals surface area contributed by atoms with Gasteiger partial charge in [0.1, 0.15) is 62.7 Å². The molecule has 21 heterocycles. The molecule has 1 N–H and O–H groups in total. The number of amides is 4. The van der Waals surface area contributed by atoms with E-state index in [2.05, 4.69) is 75.1 Å². The normalized spacial score (nSPS) is 16.5. The van der Waals surface area contributed by atoms with Crippen LogP contribution in [0.15, 0.2) is 189 Å². The summed E-state index contributed by atoms with van der Waals surface area (Å²) in [5.41, 5.74) is 27.0. The Hall–Kier alpha value is -15.0. The van der Waals surface area contributed by atoms with Crippen molar-refractivity contribution < 1.29 is 61.1 Å². The minimum absolute atomic E-state index is 0.0571. The highest BCUT2D eigenvalue weighted by Crippen LogP contribution is 2.45. The number of imidazole rings is 4. The number of H-pyrrole nitrogens is 1. The average molecular weight is 1930 g/mol. The van der Waals surface area contributed by atoms with Crippen LogP contribution in [-0.2, 0) is 90.0 Å². The van der Waals surface area contributed by atoms with Crippen LogP contribution in [0.3, 0.4) is 0 Å². The summed E-state index contributed by atoms with van der Waals surface area (Å²) < 4.78 is 84.0. The van der Waals surface area contributed by atoms with Gasteiger partial charge < -0.3 is 75.3 Å². The lowest BCUT2D eigenvalue weighted by Gasteiger charge is -2.29. The van der Waals surface area contributed by atoms with E-state index in [-0.39, 0.29) is 41.5 Å². The van der Waals surface area contributed by atoms with Crippen LogP contribution in [0.4, 0.5) is 8.78 Å². The van der Waals surface area contributed by atoms with Gasteiger partial charge in [0.2, 0.25) is 23.6 Å². The van der Waals surface area contributed by atoms with Gasteiger partial charge in [-0.15, -0.1) is 0 Å². The molecule has 8 aliphatic heterocycles. The van der Waals surface area contributed by atoms with Crippen LogP contribution in [0, 0.1) is 11.6 Å². The molecule has 34 heteroatoms. The number of carbonyl (C=O) groups is 4. The van der Waals surface area contributed by atoms with Crippen LogP contribution in [-0.4, -0.2) is 225 Å². The van der Waals surface area contributed by atoms with Crippen LogP contribution in [0.2, 0.25) is 0 Å². The Morgan fingerprint density at radius 3 is 1.06 bits per heavy atom. The lowest BCUT2D eigenvalue weighted by Crippen LogP contribution is -2.35. The third-order valence-corrected chi connectivity index (χ3v) is 29.4. The maximum atomic E-state index is 14.8. The largest absolute Gasteiger partial charge is 0.497 e. The number of benzene rings is 4. The number of halogens is 2. The second-order valence-corrected chi connectivity index (χ2v) is 37.8. The molecule has 0 atom stereocenters. The van der Waals surface area contributed by atoms with Crippen LogP contribution in [0.25, 0.3) is 124 Å². The van der Waals surface area contributed by atoms with Crippen molar-refractivity contribution in [1.82, 2.24) is 101 Å². The number of nitrogens with one attached hydrogen (secondary N) is 1. The molecule has 143 heavy (non-hydrogen) atoms. The van der Waals surface area contributed by atoms with E-state index in [1.165, 1.54) is 49.1 Å². The van der Waals surface area contributed by atoms with Crippen molar-refractivity contribution in [3.05, 3.63) is 246 Å². The summed E-state index contributed by atoms with van der Waals surface area (Å²) in [7, 11) is 4.63. The lowest BCUT2D eigenvalue weighted by atomic mass is 10.0. The van der Waals surface area contributed by atoms with Crippen molar-refractivity contribution in [1.29, 1.82) is 0 Å². The highest BCUT2D eigenvalue weighted by atomic mass is 19.1. The maximum absolute atomic E-state index is 14.8. The number of aromatic amines is 1. The molecule has 0 radical (unpaired) electrons. The van der Waals surface area contributed by atoms with Gasteiger partial charge in [-0.05, 0) is 148 Å². The van der Waals surface area contributed by atoms with Crippen molar-refractivity contribution >= 4 is 57.1 Å². The van der Waals surface area contributed by atoms with Crippen molar-refractivity contribution in [3.8, 4) is 107 Å². The molecule has 0 aliphatic carbocycles. The Bertz CT molecular complexity index is 7700. The first-order chi connectivity index (χ1) is 69.8. The van der Waals surface area contributed by atoms with Crippen molar-refractivity contribution in [2.24, 2.45) is 0 Å². The van der Waals surface area contributed by atoms with E-state index >= 15 is 0 Å². The Balaban J connectivity index is 0.000000109. The quantitative estimate of drug-likeness (QED) is 0.0997. The highest BCUT2D eigenvalue weighted by Gasteiger charge is 2.38. The lowest BCUT2D eigenvalue weighted by molar-refractivity contribution is -0.130. The molecule has 0 bridgehead atoms. The third-order valence-electron chi connectivity index (χ3n) is 29.4. The highest BCUT2D eigenvalue weighted by molar-refractivity contribution is 5.96. The third kappa shape index (κ3) is 18.1. The second kappa shape index (κ2) is 39.8. The van der Waals surface area contributed by atoms with E-state index in [0.29, 0.717) is 85.3 Å². The van der Waals surface area contributed by atoms with Gasteiger partial charge >= 0.3 is 0 Å². The SMILES string of the molecule is CC(=O)N1CCc2c(c(-c3cccn4cc(-c5c[nH]c6ccccc56)nc34)nn2C2CCOCC2)C1.COc1ccc(-c2cn3cccc(-c4nn(C5CCOCC5)c5c4CN(C(C)=O)CC5)c3n2)c(F)c1.COc1ccc(-c2cn3cccc(-c4nn(C5CCOCC5)c5c4CN(C(C)=O)CC5)c3n2)cc1F.COc1cccc(-c2cn3cccc(-c4nn(C5CCOCC5)c5c4CN(C(C)=O)CC5)c3n2)c1. The topological polar surface area (TPSA) is 302 Å². The summed E-state index contributed by atoms with van der Waals surface area (Å²) in [5.74, 6) is 0.956. The first kappa shape index (κ1) is 93.0. The standard InChI is InChI=1S/C28H28N6O2.2C27H28FN5O3.C27H29N5O3/c1-18(35)32-12-8-26-23(16-32)27(31-34(26)19-9-13-36-14-10-19)21-6-4-11-33-17-25(30-28(21)33)22-15-29-24-7-3-2-5-20(22)24;1-17(34)31-11-7-25-22(15-31)26(30-33(25)18-8-12-36-13-9-18)21-4-3-10-32-16-24(29-27(21)32)20-6-5-19(35-2)14-23(20)28;1-17(34)31-11-7-24-21(15-31)26(30-33(24)19-8-12-36-13-9-19)20-4-3-10-32-16-23(29-27(20)32)18-5-6-25(35-2)22(28)14-18;1-18(33)30-12-8-25-23(16-30)26(29-32(25)20-9-13-35-14-10-20)22-7-4-11-31-17-24(28-27(22)31)19-5-3-6-21(15-19)34-2/h2-7,11,15,17,19,29H,8-10,12-14,16H2,1H3;3-6,10,14,16,18H,7-9,11-13,15H2,1-2H3;3-6,10,14,16,19H,7-9,11-13,15H2,1-2H3;3-7,11,15,17,20H,8-10,12-14,16H2,1-2H3. The number of hydrogen-bond acceptors (Lipinski definition) is 19. The van der Waals surface area contributed by atoms with Crippen molar-refractivity contribution in [2.45, 2.75) is 155 Å². The molecule has 0 saturated carbocycles. The minimum Gasteiger partial charge on any atom is -0.497 e. The summed E-state index contributed by atoms with van der Waals surface area (Å²) in [5, 5.41) is 21.8. The predicted octanol–water partition coefficient (Wildman–Crippen LogP) is 17.3. The Morgan fingerprint density at radius 2 is 0.699 bits per heavy atom. The van der Waals surface area contributed by atoms with Gasteiger partial charge in [-0.3, -0.25) is 37.9 Å². The maximum Gasteiger partial charge on any atom is 0.219 e. The number of rotatable bonds is 15. The molecule has 8 aliphatic rings. The van der Waals surface area contributed by atoms with E-state index in [1.54, 1.807) is 59.1 Å². The first-order valence-electron chi connectivity index (χ1n) is 49.4. The predicted molar refractivity (Wildman–Crippen MR) is 534 cm³/mol. The monoisotopic (exact) mass is 1930 g/mol. The smallest absolute Gasteiger partial charge is 0.219 e. The molecule has 25 rings (SSSR count). The second-order valence-electron chi connectivity index (χ2n) is 37.8. The number of pyridine rings is 4. The summed E-state index contributed by atoms with van der Waals surface area (Å²) >= 11 is 0. The van der Waals surface area contributed by atoms with E-state index in [9.17, 15) is 28.0 Å². The van der Waals surface area contributed by atoms with Gasteiger partial charge in [-0.2, -0.15) is 20.4 Å². The number of aromatic nitrogens is 17. The summed E-state index contributed by atoms with van der Waals surface area (Å²) in [6, 6.07) is 43.2. The zero-order valence-electron chi connectivity index (χ0n) is 81.2. The molecular weight excluding hydrogens is 1820 g/mol. The Labute approximate surface area is 823 Å². The molecule has 32 nitrogen and oxygen atoms in total. The molecule has 4 amide bonds. The number of hydrogen-bond donors (Lipinski definition) is 1. The van der Waals surface area contributed by atoms with Gasteiger partial charge in [-0.1, -0.05) is 30.3 Å². The van der Waals surface area contributed by atoms with E-state index < -0.39 is 11.6 Å². The van der Waals surface area contributed by atoms with Crippen LogP contribution in [0.5, 0.6) is 17.2 Å². The molecule has 17 aromatic rings. The van der Waals surface area contributed by atoms with Crippen molar-refractivity contribution in [3.63, 3.8) is 0 Å². The number of ether oxygens (including phenoxy) is 7. The van der Waals surface area contributed by atoms with Gasteiger partial charge in [0, 0.05) is 321 Å². The summed E-state index contributed by atoms with van der Waals surface area (Å²) in [4.78, 5) is 79.8. The minimum atomic E-state index is -0.430. The molecule has 13 aromatic heterocycles. The number of para-hydroxylation sites is 1. The fourth-order valence-corrected chi connectivity index (χ4v) is 21.7. The van der Waals surface area contributed by atoms with Gasteiger partial charge in [0.05, 0.1) is 68.3 Å². The zero-order valence-corrected chi connectivity index (χ0v) is 81.2. The van der Waals surface area contributed by atoms with E-state index in [4.69, 9.17) is 73.5 Å². The van der Waals surface area contributed by atoms with E-state index in [0.717, 1.165) is 266 Å². The summed E-state index contributed by atoms with van der Waals surface area (Å²) in [6.07, 6.45) is 28.4. The van der Waals surface area contributed by atoms with Gasteiger partial charge in [0.15, 0.2) is 11.6 Å².